The number of pyridine rings is 1. The lowest BCUT2D eigenvalue weighted by molar-refractivity contribution is 0.102. The molecule has 25 heavy (non-hydrogen) atoms. The number of hydrogen-bond acceptors (Lipinski definition) is 5. The van der Waals surface area contributed by atoms with Crippen molar-refractivity contribution in [3.63, 3.8) is 0 Å². The Balaban J connectivity index is 1.87. The number of hydrogen-bond donors (Lipinski definition) is 2. The molecule has 0 radical (unpaired) electrons. The number of halogens is 1. The summed E-state index contributed by atoms with van der Waals surface area (Å²) in [5, 5.41) is 7.18. The fraction of sp³-hybridized carbons (Fsp3) is 0.118. The first kappa shape index (κ1) is 16.8. The van der Waals surface area contributed by atoms with Crippen molar-refractivity contribution in [2.24, 2.45) is 7.05 Å². The first-order valence-corrected chi connectivity index (χ1v) is 7.76. The van der Waals surface area contributed by atoms with Crippen molar-refractivity contribution in [1.82, 2.24) is 14.8 Å². The van der Waals surface area contributed by atoms with E-state index < -0.39 is 0 Å². The molecule has 2 heterocycles. The number of aromatic nitrogens is 3. The second-order valence-corrected chi connectivity index (χ2v) is 5.74. The Morgan fingerprint density at radius 1 is 1.28 bits per heavy atom. The minimum atomic E-state index is -0.313. The topological polar surface area (TPSA) is 95.1 Å². The van der Waals surface area contributed by atoms with Gasteiger partial charge >= 0.3 is 0 Å². The van der Waals surface area contributed by atoms with Crippen LogP contribution in [0.25, 0.3) is 11.1 Å². The molecule has 0 aliphatic rings. The maximum absolute atomic E-state index is 12.1. The van der Waals surface area contributed by atoms with Gasteiger partial charge in [0.05, 0.1) is 18.9 Å². The number of ether oxygens (including phenoxy) is 1. The molecule has 8 heteroatoms. The largest absolute Gasteiger partial charge is 0.497 e. The fourth-order valence-corrected chi connectivity index (χ4v) is 2.56. The third-order valence-corrected chi connectivity index (χ3v) is 3.93. The van der Waals surface area contributed by atoms with Gasteiger partial charge < -0.3 is 15.8 Å². The number of anilines is 2. The predicted molar refractivity (Wildman–Crippen MR) is 96.8 cm³/mol. The SMILES string of the molecule is COc1ccc(Cl)c(-c2ccc(NC(=O)c3cnn(C)c3)nc2N)c1. The van der Waals surface area contributed by atoms with Gasteiger partial charge in [0.2, 0.25) is 0 Å². The van der Waals surface area contributed by atoms with E-state index in [1.54, 1.807) is 55.4 Å². The molecule has 7 nitrogen and oxygen atoms in total. The van der Waals surface area contributed by atoms with Crippen molar-refractivity contribution in [2.75, 3.05) is 18.2 Å². The molecule has 1 amide bonds. The van der Waals surface area contributed by atoms with Crippen LogP contribution in [-0.4, -0.2) is 27.8 Å². The molecule has 2 aromatic heterocycles. The number of carbonyl (C=O) groups is 1. The highest BCUT2D eigenvalue weighted by molar-refractivity contribution is 6.33. The minimum Gasteiger partial charge on any atom is -0.497 e. The van der Waals surface area contributed by atoms with E-state index >= 15 is 0 Å². The molecule has 0 bridgehead atoms. The monoisotopic (exact) mass is 357 g/mol. The lowest BCUT2D eigenvalue weighted by Crippen LogP contribution is -2.13. The van der Waals surface area contributed by atoms with Gasteiger partial charge in [0.15, 0.2) is 0 Å². The van der Waals surface area contributed by atoms with Crippen LogP contribution in [0.2, 0.25) is 5.02 Å². The number of rotatable bonds is 4. The van der Waals surface area contributed by atoms with Crippen LogP contribution in [0.3, 0.4) is 0 Å². The van der Waals surface area contributed by atoms with Crippen molar-refractivity contribution in [1.29, 1.82) is 0 Å². The van der Waals surface area contributed by atoms with Crippen LogP contribution >= 0.6 is 11.6 Å². The van der Waals surface area contributed by atoms with Gasteiger partial charge in [-0.15, -0.1) is 0 Å². The summed E-state index contributed by atoms with van der Waals surface area (Å²) in [6, 6.07) is 8.69. The maximum Gasteiger partial charge on any atom is 0.260 e. The Morgan fingerprint density at radius 2 is 2.08 bits per heavy atom. The Hall–Kier alpha value is -3.06. The van der Waals surface area contributed by atoms with E-state index in [0.29, 0.717) is 33.3 Å². The van der Waals surface area contributed by atoms with Crippen LogP contribution in [0.4, 0.5) is 11.6 Å². The van der Waals surface area contributed by atoms with Gasteiger partial charge in [-0.1, -0.05) is 11.6 Å². The average Bonchev–Trinajstić information content (AvgIpc) is 3.02. The number of nitrogens with two attached hydrogens (primary N) is 1. The van der Waals surface area contributed by atoms with Crippen molar-refractivity contribution in [3.8, 4) is 16.9 Å². The Kier molecular flexibility index (Phi) is 4.58. The summed E-state index contributed by atoms with van der Waals surface area (Å²) < 4.78 is 6.76. The maximum atomic E-state index is 12.1. The molecule has 128 valence electrons. The highest BCUT2D eigenvalue weighted by atomic mass is 35.5. The normalized spacial score (nSPS) is 10.5. The number of aryl methyl sites for hydroxylation is 1. The Bertz CT molecular complexity index is 939. The molecular weight excluding hydrogens is 342 g/mol. The molecule has 3 rings (SSSR count). The van der Waals surface area contributed by atoms with Gasteiger partial charge in [-0.05, 0) is 30.3 Å². The number of amides is 1. The van der Waals surface area contributed by atoms with Crippen LogP contribution in [0, 0.1) is 0 Å². The number of benzene rings is 1. The zero-order chi connectivity index (χ0) is 18.0. The lowest BCUT2D eigenvalue weighted by atomic mass is 10.1. The predicted octanol–water partition coefficient (Wildman–Crippen LogP) is 2.98. The van der Waals surface area contributed by atoms with Crippen molar-refractivity contribution < 1.29 is 9.53 Å². The number of carbonyl (C=O) groups excluding carboxylic acids is 1. The van der Waals surface area contributed by atoms with Crippen LogP contribution in [-0.2, 0) is 7.05 Å². The molecule has 0 fully saturated rings. The lowest BCUT2D eigenvalue weighted by Gasteiger charge is -2.11. The van der Waals surface area contributed by atoms with Gasteiger partial charge in [0.1, 0.15) is 17.4 Å². The molecule has 3 N–H and O–H groups in total. The summed E-state index contributed by atoms with van der Waals surface area (Å²) in [6.07, 6.45) is 3.09. The standard InChI is InChI=1S/C17H16ClN5O2/c1-23-9-10(8-20-23)17(24)22-15-6-4-12(16(19)21-15)13-7-11(25-2)3-5-14(13)18/h3-9H,1-2H3,(H3,19,21,22,24). The van der Waals surface area contributed by atoms with Crippen molar-refractivity contribution in [3.05, 3.63) is 53.3 Å². The van der Waals surface area contributed by atoms with E-state index in [9.17, 15) is 4.79 Å². The van der Waals surface area contributed by atoms with Gasteiger partial charge in [0.25, 0.3) is 5.91 Å². The van der Waals surface area contributed by atoms with E-state index in [1.165, 1.54) is 6.20 Å². The van der Waals surface area contributed by atoms with Gasteiger partial charge in [-0.3, -0.25) is 9.48 Å². The van der Waals surface area contributed by atoms with Gasteiger partial charge in [-0.2, -0.15) is 5.10 Å². The zero-order valence-electron chi connectivity index (χ0n) is 13.7. The first-order valence-electron chi connectivity index (χ1n) is 7.38. The molecule has 0 saturated carbocycles. The summed E-state index contributed by atoms with van der Waals surface area (Å²) in [5.41, 5.74) is 7.85. The van der Waals surface area contributed by atoms with Crippen LogP contribution in [0.15, 0.2) is 42.7 Å². The van der Waals surface area contributed by atoms with E-state index in [4.69, 9.17) is 22.1 Å². The number of nitrogen functional groups attached to an aromatic ring is 1. The molecule has 0 aliphatic carbocycles. The highest BCUT2D eigenvalue weighted by Gasteiger charge is 2.13. The second kappa shape index (κ2) is 6.82. The number of nitrogens with one attached hydrogen (secondary N) is 1. The van der Waals surface area contributed by atoms with E-state index in [-0.39, 0.29) is 11.7 Å². The van der Waals surface area contributed by atoms with Crippen LogP contribution < -0.4 is 15.8 Å². The Labute approximate surface area is 149 Å². The molecule has 0 unspecified atom stereocenters. The smallest absolute Gasteiger partial charge is 0.260 e. The molecule has 1 aromatic carbocycles. The summed E-state index contributed by atoms with van der Waals surface area (Å²) in [6.45, 7) is 0. The molecule has 0 aliphatic heterocycles. The molecule has 0 saturated heterocycles. The Morgan fingerprint density at radius 3 is 2.72 bits per heavy atom. The average molecular weight is 358 g/mol. The molecule has 3 aromatic rings. The summed E-state index contributed by atoms with van der Waals surface area (Å²) in [5.74, 6) is 0.938. The summed E-state index contributed by atoms with van der Waals surface area (Å²) in [4.78, 5) is 16.4. The third kappa shape index (κ3) is 3.56. The fourth-order valence-electron chi connectivity index (χ4n) is 2.34. The highest BCUT2D eigenvalue weighted by Crippen LogP contribution is 2.34. The summed E-state index contributed by atoms with van der Waals surface area (Å²) >= 11 is 6.25. The van der Waals surface area contributed by atoms with E-state index in [2.05, 4.69) is 15.4 Å². The number of nitrogens with zero attached hydrogens (tertiary/aromatic N) is 3. The second-order valence-electron chi connectivity index (χ2n) is 5.33. The minimum absolute atomic E-state index is 0.249. The van der Waals surface area contributed by atoms with Crippen molar-refractivity contribution in [2.45, 2.75) is 0 Å². The van der Waals surface area contributed by atoms with E-state index in [1.807, 2.05) is 0 Å². The number of methoxy groups -OCH3 is 1. The third-order valence-electron chi connectivity index (χ3n) is 3.60. The quantitative estimate of drug-likeness (QED) is 0.748. The van der Waals surface area contributed by atoms with E-state index in [0.717, 1.165) is 0 Å². The summed E-state index contributed by atoms with van der Waals surface area (Å²) in [7, 11) is 3.31. The molecule has 0 spiro atoms. The molecule has 0 atom stereocenters. The molecular formula is C17H16ClN5O2. The van der Waals surface area contributed by atoms with Gasteiger partial charge in [-0.25, -0.2) is 4.98 Å². The van der Waals surface area contributed by atoms with Crippen LogP contribution in [0.1, 0.15) is 10.4 Å². The van der Waals surface area contributed by atoms with Crippen molar-refractivity contribution >= 4 is 29.1 Å². The zero-order valence-corrected chi connectivity index (χ0v) is 14.4. The van der Waals surface area contributed by atoms with Crippen LogP contribution in [0.5, 0.6) is 5.75 Å². The first-order chi connectivity index (χ1) is 12.0. The van der Waals surface area contributed by atoms with Gasteiger partial charge in [0, 0.05) is 29.4 Å².